The van der Waals surface area contributed by atoms with Crippen LogP contribution in [-0.2, 0) is 10.0 Å². The average molecular weight is 321 g/mol. The first-order valence-electron chi connectivity index (χ1n) is 5.74. The molecule has 0 bridgehead atoms. The largest absolute Gasteiger partial charge is 0.398 e. The van der Waals surface area contributed by atoms with E-state index in [1.165, 1.54) is 17.0 Å². The van der Waals surface area contributed by atoms with Gasteiger partial charge < -0.3 is 16.0 Å². The van der Waals surface area contributed by atoms with Crippen molar-refractivity contribution in [3.63, 3.8) is 0 Å². The molecule has 0 saturated carbocycles. The standard InChI is InChI=1S/C11H17ClN4O3S/c1-16(2)11(17)14-6-7-15-20(18,19)10-8(12)4-3-5-9(10)13/h3-5,15H,6-7,13H2,1-2H3,(H,14,17). The zero-order chi connectivity index (χ0) is 15.3. The molecular formula is C11H17ClN4O3S. The molecule has 0 unspecified atom stereocenters. The molecule has 4 N–H and O–H groups in total. The average Bonchev–Trinajstić information content (AvgIpc) is 2.33. The summed E-state index contributed by atoms with van der Waals surface area (Å²) in [5.41, 5.74) is 5.69. The second-order valence-electron chi connectivity index (χ2n) is 4.18. The van der Waals surface area contributed by atoms with Crippen LogP contribution in [0.3, 0.4) is 0 Å². The maximum absolute atomic E-state index is 12.1. The second kappa shape index (κ2) is 6.78. The molecule has 1 aromatic rings. The number of anilines is 1. The third-order valence-corrected chi connectivity index (χ3v) is 4.37. The number of hydrogen-bond donors (Lipinski definition) is 3. The molecule has 0 aliphatic carbocycles. The fourth-order valence-electron chi connectivity index (χ4n) is 1.39. The van der Waals surface area contributed by atoms with Crippen molar-refractivity contribution >= 4 is 33.3 Å². The summed E-state index contributed by atoms with van der Waals surface area (Å²) < 4.78 is 26.4. The molecule has 0 aliphatic rings. The SMILES string of the molecule is CN(C)C(=O)NCCNS(=O)(=O)c1c(N)cccc1Cl. The summed E-state index contributed by atoms with van der Waals surface area (Å²) >= 11 is 5.84. The fraction of sp³-hybridized carbons (Fsp3) is 0.364. The predicted octanol–water partition coefficient (Wildman–Crippen LogP) is 0.472. The van der Waals surface area contributed by atoms with Crippen LogP contribution in [0.25, 0.3) is 0 Å². The van der Waals surface area contributed by atoms with Gasteiger partial charge in [-0.1, -0.05) is 17.7 Å². The molecule has 20 heavy (non-hydrogen) atoms. The molecule has 0 atom stereocenters. The van der Waals surface area contributed by atoms with E-state index in [-0.39, 0.29) is 34.7 Å². The van der Waals surface area contributed by atoms with Gasteiger partial charge in [0.15, 0.2) is 0 Å². The number of carbonyl (C=O) groups excluding carboxylic acids is 1. The number of urea groups is 1. The first-order chi connectivity index (χ1) is 9.25. The van der Waals surface area contributed by atoms with Crippen LogP contribution < -0.4 is 15.8 Å². The Bertz CT molecular complexity index is 569. The maximum Gasteiger partial charge on any atom is 0.316 e. The van der Waals surface area contributed by atoms with E-state index in [9.17, 15) is 13.2 Å². The highest BCUT2D eigenvalue weighted by Crippen LogP contribution is 2.26. The molecule has 0 saturated heterocycles. The van der Waals surface area contributed by atoms with Crippen molar-refractivity contribution in [2.75, 3.05) is 32.9 Å². The lowest BCUT2D eigenvalue weighted by Gasteiger charge is -2.13. The molecule has 0 aliphatic heterocycles. The number of nitrogens with one attached hydrogen (secondary N) is 2. The van der Waals surface area contributed by atoms with Crippen molar-refractivity contribution in [1.82, 2.24) is 14.9 Å². The summed E-state index contributed by atoms with van der Waals surface area (Å²) in [6.45, 7) is 0.188. The van der Waals surface area contributed by atoms with Crippen LogP contribution in [0.1, 0.15) is 0 Å². The predicted molar refractivity (Wildman–Crippen MR) is 78.1 cm³/mol. The van der Waals surface area contributed by atoms with E-state index in [0.717, 1.165) is 0 Å². The molecule has 0 heterocycles. The van der Waals surface area contributed by atoms with E-state index >= 15 is 0 Å². The van der Waals surface area contributed by atoms with Gasteiger partial charge in [-0.3, -0.25) is 0 Å². The van der Waals surface area contributed by atoms with Crippen molar-refractivity contribution < 1.29 is 13.2 Å². The van der Waals surface area contributed by atoms with Crippen molar-refractivity contribution in [2.24, 2.45) is 0 Å². The first-order valence-corrected chi connectivity index (χ1v) is 7.60. The van der Waals surface area contributed by atoms with Crippen LogP contribution in [0.15, 0.2) is 23.1 Å². The van der Waals surface area contributed by atoms with Gasteiger partial charge in [0, 0.05) is 27.2 Å². The Balaban J connectivity index is 2.65. The van der Waals surface area contributed by atoms with E-state index in [0.29, 0.717) is 0 Å². The Labute approximate surface area is 123 Å². The minimum Gasteiger partial charge on any atom is -0.398 e. The van der Waals surface area contributed by atoms with Crippen LogP contribution in [0, 0.1) is 0 Å². The molecule has 0 fully saturated rings. The number of sulfonamides is 1. The number of nitrogens with two attached hydrogens (primary N) is 1. The van der Waals surface area contributed by atoms with Crippen molar-refractivity contribution in [2.45, 2.75) is 4.90 Å². The van der Waals surface area contributed by atoms with Gasteiger partial charge in [-0.05, 0) is 12.1 Å². The highest BCUT2D eigenvalue weighted by Gasteiger charge is 2.20. The molecule has 1 rings (SSSR count). The Kier molecular flexibility index (Phi) is 5.61. The van der Waals surface area contributed by atoms with Gasteiger partial charge in [0.05, 0.1) is 10.7 Å². The van der Waals surface area contributed by atoms with Crippen LogP contribution >= 0.6 is 11.6 Å². The molecule has 0 radical (unpaired) electrons. The van der Waals surface area contributed by atoms with Crippen LogP contribution in [0.4, 0.5) is 10.5 Å². The third kappa shape index (κ3) is 4.26. The second-order valence-corrected chi connectivity index (χ2v) is 6.29. The summed E-state index contributed by atoms with van der Waals surface area (Å²) in [5, 5.41) is 2.58. The lowest BCUT2D eigenvalue weighted by atomic mass is 10.3. The van der Waals surface area contributed by atoms with E-state index in [1.807, 2.05) is 0 Å². The van der Waals surface area contributed by atoms with Crippen LogP contribution in [0.5, 0.6) is 0 Å². The van der Waals surface area contributed by atoms with Crippen LogP contribution in [-0.4, -0.2) is 46.5 Å². The molecular weight excluding hydrogens is 304 g/mol. The molecule has 9 heteroatoms. The molecule has 0 spiro atoms. The van der Waals surface area contributed by atoms with Gasteiger partial charge in [-0.25, -0.2) is 17.9 Å². The van der Waals surface area contributed by atoms with Gasteiger partial charge in [0.2, 0.25) is 10.0 Å². The first kappa shape index (κ1) is 16.5. The number of carbonyl (C=O) groups is 1. The highest BCUT2D eigenvalue weighted by atomic mass is 35.5. The van der Waals surface area contributed by atoms with Gasteiger partial charge in [-0.15, -0.1) is 0 Å². The van der Waals surface area contributed by atoms with E-state index < -0.39 is 10.0 Å². The summed E-state index contributed by atoms with van der Waals surface area (Å²) in [6, 6.07) is 4.16. The summed E-state index contributed by atoms with van der Waals surface area (Å²) in [5.74, 6) is 0. The van der Waals surface area contributed by atoms with Crippen molar-refractivity contribution in [3.05, 3.63) is 23.2 Å². The smallest absolute Gasteiger partial charge is 0.316 e. The van der Waals surface area contributed by atoms with Gasteiger partial charge in [-0.2, -0.15) is 0 Å². The van der Waals surface area contributed by atoms with Crippen molar-refractivity contribution in [3.8, 4) is 0 Å². The summed E-state index contributed by atoms with van der Waals surface area (Å²) in [7, 11) is -0.637. The summed E-state index contributed by atoms with van der Waals surface area (Å²) in [4.78, 5) is 12.4. The Morgan fingerprint density at radius 3 is 2.55 bits per heavy atom. The molecule has 1 aromatic carbocycles. The number of nitrogens with zero attached hydrogens (tertiary/aromatic N) is 1. The van der Waals surface area contributed by atoms with Gasteiger partial charge >= 0.3 is 6.03 Å². The number of hydrogen-bond acceptors (Lipinski definition) is 4. The Morgan fingerprint density at radius 2 is 2.00 bits per heavy atom. The van der Waals surface area contributed by atoms with Crippen LogP contribution in [0.2, 0.25) is 5.02 Å². The Morgan fingerprint density at radius 1 is 1.35 bits per heavy atom. The van der Waals surface area contributed by atoms with Crippen molar-refractivity contribution in [1.29, 1.82) is 0 Å². The minimum atomic E-state index is -3.81. The quantitative estimate of drug-likeness (QED) is 0.542. The molecule has 7 nitrogen and oxygen atoms in total. The lowest BCUT2D eigenvalue weighted by molar-refractivity contribution is 0.217. The highest BCUT2D eigenvalue weighted by molar-refractivity contribution is 7.89. The summed E-state index contributed by atoms with van der Waals surface area (Å²) in [6.07, 6.45) is 0. The zero-order valence-electron chi connectivity index (χ0n) is 11.2. The minimum absolute atomic E-state index is 0.0343. The zero-order valence-corrected chi connectivity index (χ0v) is 12.8. The number of nitrogen functional groups attached to an aromatic ring is 1. The van der Waals surface area contributed by atoms with E-state index in [2.05, 4.69) is 10.0 Å². The maximum atomic E-state index is 12.1. The number of halogens is 1. The lowest BCUT2D eigenvalue weighted by Crippen LogP contribution is -2.39. The number of rotatable bonds is 5. The number of amides is 2. The normalized spacial score (nSPS) is 11.2. The third-order valence-electron chi connectivity index (χ3n) is 2.37. The van der Waals surface area contributed by atoms with Gasteiger partial charge in [0.1, 0.15) is 4.90 Å². The topological polar surface area (TPSA) is 105 Å². The Hall–Kier alpha value is -1.51. The van der Waals surface area contributed by atoms with Gasteiger partial charge in [0.25, 0.3) is 0 Å². The molecule has 112 valence electrons. The number of benzene rings is 1. The fourth-order valence-corrected chi connectivity index (χ4v) is 3.10. The van der Waals surface area contributed by atoms with E-state index in [1.54, 1.807) is 20.2 Å². The monoisotopic (exact) mass is 320 g/mol. The molecule has 2 amide bonds. The molecule has 0 aromatic heterocycles. The van der Waals surface area contributed by atoms with E-state index in [4.69, 9.17) is 17.3 Å².